The summed E-state index contributed by atoms with van der Waals surface area (Å²) in [5.74, 6) is -0.777. The van der Waals surface area contributed by atoms with Gasteiger partial charge in [-0.3, -0.25) is 0 Å². The first kappa shape index (κ1) is 12.9. The van der Waals surface area contributed by atoms with Crippen LogP contribution in [0, 0.1) is 0 Å². The molecule has 1 rings (SSSR count). The zero-order valence-electron chi connectivity index (χ0n) is 8.46. The Bertz CT molecular complexity index is 413. The van der Waals surface area contributed by atoms with Crippen LogP contribution in [0.5, 0.6) is 0 Å². The lowest BCUT2D eigenvalue weighted by molar-refractivity contribution is 0.189. The number of hydrogen-bond acceptors (Lipinski definition) is 5. The van der Waals surface area contributed by atoms with Crippen molar-refractivity contribution in [1.29, 1.82) is 0 Å². The highest BCUT2D eigenvalue weighted by Gasteiger charge is 2.30. The normalized spacial score (nSPS) is 24.5. The molecule has 90 valence electrons. The molecule has 0 unspecified atom stereocenters. The molecular formula is C7H15NO5S2. The maximum absolute atomic E-state index is 11.6. The Kier molecular flexibility index (Phi) is 3.75. The van der Waals surface area contributed by atoms with E-state index < -0.39 is 31.7 Å². The fourth-order valence-electron chi connectivity index (χ4n) is 1.35. The molecule has 0 aromatic rings. The summed E-state index contributed by atoms with van der Waals surface area (Å²) in [6.07, 6.45) is 0.789. The second-order valence-electron chi connectivity index (χ2n) is 3.75. The lowest BCUT2D eigenvalue weighted by Gasteiger charge is -2.14. The van der Waals surface area contributed by atoms with Crippen LogP contribution in [-0.2, 0) is 19.9 Å². The van der Waals surface area contributed by atoms with Crippen LogP contribution in [0.2, 0.25) is 0 Å². The quantitative estimate of drug-likeness (QED) is 0.657. The molecule has 0 spiro atoms. The fourth-order valence-corrected chi connectivity index (χ4v) is 4.44. The molecule has 1 heterocycles. The predicted octanol–water partition coefficient (Wildman–Crippen LogP) is -1.57. The summed E-state index contributed by atoms with van der Waals surface area (Å²) in [6.45, 7) is 0.347. The summed E-state index contributed by atoms with van der Waals surface area (Å²) in [6, 6.07) is 0. The molecular weight excluding hydrogens is 242 g/mol. The van der Waals surface area contributed by atoms with Crippen molar-refractivity contribution >= 4 is 19.9 Å². The Morgan fingerprint density at radius 2 is 1.87 bits per heavy atom. The van der Waals surface area contributed by atoms with Gasteiger partial charge in [0.25, 0.3) is 0 Å². The lowest BCUT2D eigenvalue weighted by Crippen LogP contribution is -2.33. The molecule has 6 nitrogen and oxygen atoms in total. The summed E-state index contributed by atoms with van der Waals surface area (Å²) >= 11 is 0. The van der Waals surface area contributed by atoms with Gasteiger partial charge in [-0.25, -0.2) is 16.8 Å². The molecule has 0 saturated carbocycles. The zero-order valence-corrected chi connectivity index (χ0v) is 10.1. The highest BCUT2D eigenvalue weighted by molar-refractivity contribution is 7.93. The summed E-state index contributed by atoms with van der Waals surface area (Å²) in [5.41, 5.74) is 0. The third-order valence-corrected chi connectivity index (χ3v) is 5.27. The number of nitrogens with zero attached hydrogens (tertiary/aromatic N) is 1. The number of sulfone groups is 1. The van der Waals surface area contributed by atoms with Crippen LogP contribution in [-0.4, -0.2) is 63.2 Å². The number of aliphatic hydroxyl groups excluding tert-OH is 1. The second kappa shape index (κ2) is 4.36. The summed E-state index contributed by atoms with van der Waals surface area (Å²) in [5, 5.41) is 9.17. The summed E-state index contributed by atoms with van der Waals surface area (Å²) in [4.78, 5) is 0. The van der Waals surface area contributed by atoms with Gasteiger partial charge in [-0.05, 0) is 6.42 Å². The van der Waals surface area contributed by atoms with Gasteiger partial charge in [-0.15, -0.1) is 0 Å². The molecule has 1 aliphatic heterocycles. The van der Waals surface area contributed by atoms with E-state index in [0.29, 0.717) is 6.42 Å². The van der Waals surface area contributed by atoms with Crippen LogP contribution >= 0.6 is 0 Å². The average molecular weight is 257 g/mol. The summed E-state index contributed by atoms with van der Waals surface area (Å²) < 4.78 is 45.9. The van der Waals surface area contributed by atoms with E-state index in [9.17, 15) is 16.8 Å². The number of rotatable bonds is 4. The minimum Gasteiger partial charge on any atom is -0.392 e. The Labute approximate surface area is 89.9 Å². The van der Waals surface area contributed by atoms with Gasteiger partial charge in [-0.2, -0.15) is 4.31 Å². The van der Waals surface area contributed by atoms with Crippen molar-refractivity contribution in [2.45, 2.75) is 12.5 Å². The van der Waals surface area contributed by atoms with E-state index in [0.717, 1.165) is 10.6 Å². The van der Waals surface area contributed by atoms with E-state index in [4.69, 9.17) is 5.11 Å². The van der Waals surface area contributed by atoms with Gasteiger partial charge >= 0.3 is 0 Å². The first-order chi connectivity index (χ1) is 6.71. The van der Waals surface area contributed by atoms with Crippen LogP contribution in [0.3, 0.4) is 0 Å². The van der Waals surface area contributed by atoms with E-state index in [1.165, 1.54) is 0 Å². The Balaban J connectivity index is 2.60. The average Bonchev–Trinajstić information content (AvgIpc) is 2.48. The van der Waals surface area contributed by atoms with Crippen molar-refractivity contribution in [1.82, 2.24) is 4.31 Å². The van der Waals surface area contributed by atoms with Gasteiger partial charge in [0.05, 0.1) is 17.6 Å². The Morgan fingerprint density at radius 1 is 1.27 bits per heavy atom. The molecule has 1 atom stereocenters. The van der Waals surface area contributed by atoms with Crippen LogP contribution in [0.1, 0.15) is 6.42 Å². The van der Waals surface area contributed by atoms with Crippen molar-refractivity contribution in [3.05, 3.63) is 0 Å². The van der Waals surface area contributed by atoms with E-state index in [1.54, 1.807) is 0 Å². The Hall–Kier alpha value is -0.180. The van der Waals surface area contributed by atoms with Crippen molar-refractivity contribution < 1.29 is 21.9 Å². The van der Waals surface area contributed by atoms with Crippen molar-refractivity contribution in [3.63, 3.8) is 0 Å². The number of sulfonamides is 1. The van der Waals surface area contributed by atoms with Crippen molar-refractivity contribution in [3.8, 4) is 0 Å². The van der Waals surface area contributed by atoms with E-state index in [2.05, 4.69) is 0 Å². The number of β-amino-alcohol motifs (C(OH)–C–C–N with tert-alkyl or cyclic N) is 1. The monoisotopic (exact) mass is 257 g/mol. The van der Waals surface area contributed by atoms with Gasteiger partial charge in [0.15, 0.2) is 0 Å². The zero-order chi connectivity index (χ0) is 11.7. The lowest BCUT2D eigenvalue weighted by atomic mass is 10.3. The molecule has 0 aliphatic carbocycles. The van der Waals surface area contributed by atoms with E-state index in [-0.39, 0.29) is 18.8 Å². The second-order valence-corrected chi connectivity index (χ2v) is 8.09. The molecule has 1 N–H and O–H groups in total. The SMILES string of the molecule is CS(=O)(=O)CCS(=O)(=O)N1CC[C@@H](O)C1. The van der Waals surface area contributed by atoms with E-state index in [1.807, 2.05) is 0 Å². The van der Waals surface area contributed by atoms with Crippen LogP contribution in [0.15, 0.2) is 0 Å². The van der Waals surface area contributed by atoms with Gasteiger partial charge in [0.1, 0.15) is 9.84 Å². The highest BCUT2D eigenvalue weighted by Crippen LogP contribution is 2.13. The first-order valence-corrected chi connectivity index (χ1v) is 8.21. The predicted molar refractivity (Wildman–Crippen MR) is 55.7 cm³/mol. The smallest absolute Gasteiger partial charge is 0.215 e. The van der Waals surface area contributed by atoms with Gasteiger partial charge < -0.3 is 5.11 Å². The molecule has 1 aliphatic rings. The Morgan fingerprint density at radius 3 is 2.27 bits per heavy atom. The van der Waals surface area contributed by atoms with Crippen LogP contribution < -0.4 is 0 Å². The van der Waals surface area contributed by atoms with Crippen molar-refractivity contribution in [2.24, 2.45) is 0 Å². The number of aliphatic hydroxyl groups is 1. The third kappa shape index (κ3) is 4.06. The third-order valence-electron chi connectivity index (χ3n) is 2.23. The molecule has 0 aromatic carbocycles. The molecule has 0 bridgehead atoms. The maximum Gasteiger partial charge on any atom is 0.215 e. The summed E-state index contributed by atoms with van der Waals surface area (Å²) in [7, 11) is -6.80. The van der Waals surface area contributed by atoms with Gasteiger partial charge in [-0.1, -0.05) is 0 Å². The first-order valence-electron chi connectivity index (χ1n) is 4.54. The number of hydrogen-bond donors (Lipinski definition) is 1. The standard InChI is InChI=1S/C7H15NO5S2/c1-14(10,11)4-5-15(12,13)8-3-2-7(9)6-8/h7,9H,2-6H2,1H3/t7-/m1/s1. The van der Waals surface area contributed by atoms with Crippen LogP contribution in [0.25, 0.3) is 0 Å². The highest BCUT2D eigenvalue weighted by atomic mass is 32.2. The van der Waals surface area contributed by atoms with Gasteiger partial charge in [0, 0.05) is 19.3 Å². The molecule has 0 radical (unpaired) electrons. The van der Waals surface area contributed by atoms with E-state index >= 15 is 0 Å². The minimum absolute atomic E-state index is 0.0755. The largest absolute Gasteiger partial charge is 0.392 e. The molecule has 0 aromatic heterocycles. The minimum atomic E-state index is -3.53. The van der Waals surface area contributed by atoms with Crippen molar-refractivity contribution in [2.75, 3.05) is 30.9 Å². The maximum atomic E-state index is 11.6. The fraction of sp³-hybridized carbons (Fsp3) is 1.00. The van der Waals surface area contributed by atoms with Gasteiger partial charge in [0.2, 0.25) is 10.0 Å². The van der Waals surface area contributed by atoms with Crippen LogP contribution in [0.4, 0.5) is 0 Å². The molecule has 0 amide bonds. The topological polar surface area (TPSA) is 91.8 Å². The molecule has 1 fully saturated rings. The molecule has 15 heavy (non-hydrogen) atoms. The molecule has 1 saturated heterocycles. The molecule has 8 heteroatoms.